The molecule has 0 aromatic heterocycles. The van der Waals surface area contributed by atoms with Gasteiger partial charge in [0.2, 0.25) is 0 Å². The topological polar surface area (TPSA) is 66.5 Å². The van der Waals surface area contributed by atoms with Crippen molar-refractivity contribution in [2.24, 2.45) is 0 Å². The predicted octanol–water partition coefficient (Wildman–Crippen LogP) is 4.05. The lowest BCUT2D eigenvalue weighted by Crippen LogP contribution is -2.29. The van der Waals surface area contributed by atoms with Gasteiger partial charge in [0.15, 0.2) is 0 Å². The summed E-state index contributed by atoms with van der Waals surface area (Å²) in [5.74, 6) is -1.07. The van der Waals surface area contributed by atoms with E-state index < -0.39 is 0 Å². The third kappa shape index (κ3) is 2.89. The van der Waals surface area contributed by atoms with Crippen LogP contribution in [0.4, 0.5) is 11.4 Å². The van der Waals surface area contributed by atoms with Crippen LogP contribution in [0.15, 0.2) is 72.8 Å². The molecule has 1 heterocycles. The van der Waals surface area contributed by atoms with Gasteiger partial charge < -0.3 is 5.32 Å². The van der Waals surface area contributed by atoms with E-state index >= 15 is 0 Å². The summed E-state index contributed by atoms with van der Waals surface area (Å²) in [5.41, 5.74) is 3.15. The summed E-state index contributed by atoms with van der Waals surface area (Å²) in [6, 6.07) is 20.7. The highest BCUT2D eigenvalue weighted by Crippen LogP contribution is 2.29. The number of nitrogens with zero attached hydrogens (tertiary/aromatic N) is 1. The normalized spacial score (nSPS) is 12.9. The molecule has 1 aliphatic rings. The number of anilines is 2. The largest absolute Gasteiger partial charge is 0.322 e. The lowest BCUT2D eigenvalue weighted by molar-refractivity contribution is 0.0924. The standard InChI is InChI=1S/C22H16N2O3/c1-14-7-2-5-12-19(14)23-20(25)15-8-6-9-16(13-15)24-21(26)17-10-3-4-11-18(17)22(24)27/h2-13H,1H3,(H,23,25). The Bertz CT molecular complexity index is 1050. The molecule has 0 atom stereocenters. The SMILES string of the molecule is Cc1ccccc1NC(=O)c1cccc(N2C(=O)c3ccccc3C2=O)c1. The van der Waals surface area contributed by atoms with Crippen LogP contribution >= 0.6 is 0 Å². The van der Waals surface area contributed by atoms with E-state index in [4.69, 9.17) is 0 Å². The molecule has 4 rings (SSSR count). The zero-order valence-electron chi connectivity index (χ0n) is 14.6. The maximum absolute atomic E-state index is 12.6. The Morgan fingerprint density at radius 3 is 2.11 bits per heavy atom. The fourth-order valence-corrected chi connectivity index (χ4v) is 3.12. The summed E-state index contributed by atoms with van der Waals surface area (Å²) in [6.07, 6.45) is 0. The number of benzene rings is 3. The quantitative estimate of drug-likeness (QED) is 0.720. The number of carbonyl (C=O) groups is 3. The maximum atomic E-state index is 12.6. The number of rotatable bonds is 3. The molecule has 5 heteroatoms. The van der Waals surface area contributed by atoms with Crippen LogP contribution in [0.5, 0.6) is 0 Å². The van der Waals surface area contributed by atoms with Gasteiger partial charge in [-0.05, 0) is 48.9 Å². The first-order chi connectivity index (χ1) is 13.1. The fraction of sp³-hybridized carbons (Fsp3) is 0.0455. The smallest absolute Gasteiger partial charge is 0.266 e. The molecule has 0 bridgehead atoms. The number of amides is 3. The third-order valence-corrected chi connectivity index (χ3v) is 4.55. The van der Waals surface area contributed by atoms with Crippen LogP contribution in [-0.4, -0.2) is 17.7 Å². The minimum atomic E-state index is -0.382. The van der Waals surface area contributed by atoms with Gasteiger partial charge in [-0.1, -0.05) is 36.4 Å². The number of imide groups is 1. The minimum Gasteiger partial charge on any atom is -0.322 e. The molecule has 0 spiro atoms. The van der Waals surface area contributed by atoms with Gasteiger partial charge in [0.1, 0.15) is 0 Å². The zero-order chi connectivity index (χ0) is 19.0. The van der Waals surface area contributed by atoms with Crippen LogP contribution in [0.2, 0.25) is 0 Å². The second kappa shape index (κ2) is 6.53. The van der Waals surface area contributed by atoms with Gasteiger partial charge in [-0.15, -0.1) is 0 Å². The van der Waals surface area contributed by atoms with E-state index in [1.807, 2.05) is 31.2 Å². The van der Waals surface area contributed by atoms with E-state index in [2.05, 4.69) is 5.32 Å². The Hall–Kier alpha value is -3.73. The van der Waals surface area contributed by atoms with Crippen LogP contribution in [0, 0.1) is 6.92 Å². The molecule has 0 fully saturated rings. The number of fused-ring (bicyclic) bond motifs is 1. The molecule has 0 saturated heterocycles. The van der Waals surface area contributed by atoms with Gasteiger partial charge in [0, 0.05) is 11.3 Å². The zero-order valence-corrected chi connectivity index (χ0v) is 14.6. The molecule has 27 heavy (non-hydrogen) atoms. The molecule has 1 N–H and O–H groups in total. The molecular formula is C22H16N2O3. The van der Waals surface area contributed by atoms with Crippen LogP contribution in [0.1, 0.15) is 36.6 Å². The van der Waals surface area contributed by atoms with Gasteiger partial charge in [-0.3, -0.25) is 14.4 Å². The van der Waals surface area contributed by atoms with Crippen molar-refractivity contribution < 1.29 is 14.4 Å². The molecule has 132 valence electrons. The summed E-state index contributed by atoms with van der Waals surface area (Å²) < 4.78 is 0. The molecule has 5 nitrogen and oxygen atoms in total. The van der Waals surface area contributed by atoms with Crippen molar-refractivity contribution in [1.29, 1.82) is 0 Å². The van der Waals surface area contributed by atoms with Gasteiger partial charge in [0.05, 0.1) is 16.8 Å². The van der Waals surface area contributed by atoms with E-state index in [1.165, 1.54) is 0 Å². The summed E-state index contributed by atoms with van der Waals surface area (Å²) in [7, 11) is 0. The average Bonchev–Trinajstić information content (AvgIpc) is 2.94. The Balaban J connectivity index is 1.64. The van der Waals surface area contributed by atoms with Crippen molar-refractivity contribution in [3.05, 3.63) is 95.1 Å². The van der Waals surface area contributed by atoms with Crippen molar-refractivity contribution >= 4 is 29.1 Å². The number of hydrogen-bond donors (Lipinski definition) is 1. The Morgan fingerprint density at radius 2 is 1.44 bits per heavy atom. The van der Waals surface area contributed by atoms with Crippen LogP contribution in [-0.2, 0) is 0 Å². The van der Waals surface area contributed by atoms with E-state index in [-0.39, 0.29) is 17.7 Å². The van der Waals surface area contributed by atoms with E-state index in [0.717, 1.165) is 10.5 Å². The molecule has 3 aromatic rings. The molecule has 0 unspecified atom stereocenters. The molecule has 0 aliphatic carbocycles. The molecule has 0 saturated carbocycles. The van der Waals surface area contributed by atoms with Crippen molar-refractivity contribution in [3.8, 4) is 0 Å². The van der Waals surface area contributed by atoms with E-state index in [1.54, 1.807) is 48.5 Å². The maximum Gasteiger partial charge on any atom is 0.266 e. The number of para-hydroxylation sites is 1. The second-order valence-electron chi connectivity index (χ2n) is 6.31. The molecule has 3 aromatic carbocycles. The van der Waals surface area contributed by atoms with Crippen molar-refractivity contribution in [2.45, 2.75) is 6.92 Å². The Morgan fingerprint density at radius 1 is 0.815 bits per heavy atom. The third-order valence-electron chi connectivity index (χ3n) is 4.55. The number of aryl methyl sites for hydroxylation is 1. The van der Waals surface area contributed by atoms with Crippen molar-refractivity contribution in [3.63, 3.8) is 0 Å². The predicted molar refractivity (Wildman–Crippen MR) is 103 cm³/mol. The molecule has 3 amide bonds. The summed E-state index contributed by atoms with van der Waals surface area (Å²) >= 11 is 0. The average molecular weight is 356 g/mol. The van der Waals surface area contributed by atoms with Crippen LogP contribution in [0.3, 0.4) is 0 Å². The summed E-state index contributed by atoms with van der Waals surface area (Å²) in [5, 5.41) is 2.86. The van der Waals surface area contributed by atoms with Crippen molar-refractivity contribution in [1.82, 2.24) is 0 Å². The van der Waals surface area contributed by atoms with Gasteiger partial charge in [0.25, 0.3) is 17.7 Å². The van der Waals surface area contributed by atoms with Crippen LogP contribution in [0.25, 0.3) is 0 Å². The number of hydrogen-bond acceptors (Lipinski definition) is 3. The van der Waals surface area contributed by atoms with Crippen molar-refractivity contribution in [2.75, 3.05) is 10.2 Å². The second-order valence-corrected chi connectivity index (χ2v) is 6.31. The monoisotopic (exact) mass is 356 g/mol. The first kappa shape index (κ1) is 16.7. The lowest BCUT2D eigenvalue weighted by atomic mass is 10.1. The van der Waals surface area contributed by atoms with Gasteiger partial charge in [-0.25, -0.2) is 4.90 Å². The molecule has 0 radical (unpaired) electrons. The first-order valence-electron chi connectivity index (χ1n) is 8.51. The molecule has 1 aliphatic heterocycles. The van der Waals surface area contributed by atoms with Gasteiger partial charge >= 0.3 is 0 Å². The lowest BCUT2D eigenvalue weighted by Gasteiger charge is -2.15. The minimum absolute atomic E-state index is 0.303. The van der Waals surface area contributed by atoms with E-state index in [9.17, 15) is 14.4 Å². The number of nitrogens with one attached hydrogen (secondary N) is 1. The van der Waals surface area contributed by atoms with E-state index in [0.29, 0.717) is 28.1 Å². The summed E-state index contributed by atoms with van der Waals surface area (Å²) in [4.78, 5) is 39.0. The van der Waals surface area contributed by atoms with Crippen LogP contribution < -0.4 is 10.2 Å². The fourth-order valence-electron chi connectivity index (χ4n) is 3.12. The Kier molecular flexibility index (Phi) is 4.05. The Labute approximate surface area is 156 Å². The first-order valence-corrected chi connectivity index (χ1v) is 8.51. The molecular weight excluding hydrogens is 340 g/mol. The highest BCUT2D eigenvalue weighted by atomic mass is 16.2. The highest BCUT2D eigenvalue weighted by molar-refractivity contribution is 6.34. The summed E-state index contributed by atoms with van der Waals surface area (Å²) in [6.45, 7) is 1.91. The highest BCUT2D eigenvalue weighted by Gasteiger charge is 2.36. The van der Waals surface area contributed by atoms with Gasteiger partial charge in [-0.2, -0.15) is 0 Å². The number of carbonyl (C=O) groups excluding carboxylic acids is 3.